The lowest BCUT2D eigenvalue weighted by molar-refractivity contribution is 0.326. The molecule has 0 aromatic carbocycles. The second kappa shape index (κ2) is 2.94. The van der Waals surface area contributed by atoms with Gasteiger partial charge in [0.1, 0.15) is 0 Å². The van der Waals surface area contributed by atoms with Crippen LogP contribution in [0.2, 0.25) is 0 Å². The molecule has 2 fully saturated rings. The Kier molecular flexibility index (Phi) is 1.95. The SMILES string of the molecule is O=[C]C1CC2CCCCC2N1. The van der Waals surface area contributed by atoms with Crippen molar-refractivity contribution in [2.24, 2.45) is 5.92 Å². The summed E-state index contributed by atoms with van der Waals surface area (Å²) in [4.78, 5) is 10.4. The molecule has 1 N–H and O–H groups in total. The van der Waals surface area contributed by atoms with Gasteiger partial charge < -0.3 is 5.32 Å². The summed E-state index contributed by atoms with van der Waals surface area (Å²) in [5.41, 5.74) is 0. The van der Waals surface area contributed by atoms with Gasteiger partial charge in [0.15, 0.2) is 0 Å². The van der Waals surface area contributed by atoms with Gasteiger partial charge in [-0.1, -0.05) is 12.8 Å². The molecular formula is C9H14NO. The largest absolute Gasteiger partial charge is 0.304 e. The van der Waals surface area contributed by atoms with Crippen molar-refractivity contribution in [3.05, 3.63) is 0 Å². The summed E-state index contributed by atoms with van der Waals surface area (Å²) in [5, 5.41) is 3.32. The van der Waals surface area contributed by atoms with Gasteiger partial charge >= 0.3 is 0 Å². The molecule has 1 radical (unpaired) electrons. The molecule has 1 saturated heterocycles. The highest BCUT2D eigenvalue weighted by molar-refractivity contribution is 5.59. The summed E-state index contributed by atoms with van der Waals surface area (Å²) in [6.45, 7) is 0. The predicted molar refractivity (Wildman–Crippen MR) is 43.0 cm³/mol. The van der Waals surface area contributed by atoms with Gasteiger partial charge in [0.25, 0.3) is 0 Å². The Morgan fingerprint density at radius 1 is 1.27 bits per heavy atom. The van der Waals surface area contributed by atoms with E-state index in [9.17, 15) is 4.79 Å². The Balaban J connectivity index is 1.97. The lowest BCUT2D eigenvalue weighted by atomic mass is 9.85. The Hall–Kier alpha value is -0.370. The van der Waals surface area contributed by atoms with E-state index in [2.05, 4.69) is 11.6 Å². The van der Waals surface area contributed by atoms with Crippen molar-refractivity contribution in [1.29, 1.82) is 0 Å². The van der Waals surface area contributed by atoms with Crippen LogP contribution in [0.5, 0.6) is 0 Å². The molecule has 61 valence electrons. The van der Waals surface area contributed by atoms with E-state index in [4.69, 9.17) is 0 Å². The van der Waals surface area contributed by atoms with Crippen LogP contribution in [0.3, 0.4) is 0 Å². The van der Waals surface area contributed by atoms with Gasteiger partial charge in [-0.15, -0.1) is 0 Å². The lowest BCUT2D eigenvalue weighted by Gasteiger charge is -2.24. The van der Waals surface area contributed by atoms with Crippen LogP contribution in [0.15, 0.2) is 0 Å². The molecular weight excluding hydrogens is 138 g/mol. The molecule has 1 saturated carbocycles. The second-order valence-electron chi connectivity index (χ2n) is 3.72. The average Bonchev–Trinajstić information content (AvgIpc) is 2.46. The fourth-order valence-electron chi connectivity index (χ4n) is 2.42. The molecule has 3 unspecified atom stereocenters. The minimum Gasteiger partial charge on any atom is -0.304 e. The van der Waals surface area contributed by atoms with Gasteiger partial charge in [-0.25, -0.2) is 0 Å². The molecule has 0 amide bonds. The minimum atomic E-state index is 0.0445. The smallest absolute Gasteiger partial charge is 0.216 e. The van der Waals surface area contributed by atoms with E-state index in [1.54, 1.807) is 0 Å². The first-order chi connectivity index (χ1) is 5.40. The number of fused-ring (bicyclic) bond motifs is 1. The van der Waals surface area contributed by atoms with E-state index in [-0.39, 0.29) is 6.04 Å². The van der Waals surface area contributed by atoms with E-state index in [0.29, 0.717) is 6.04 Å². The maximum Gasteiger partial charge on any atom is 0.216 e. The van der Waals surface area contributed by atoms with Crippen LogP contribution < -0.4 is 5.32 Å². The monoisotopic (exact) mass is 152 g/mol. The van der Waals surface area contributed by atoms with Crippen LogP contribution >= 0.6 is 0 Å². The van der Waals surface area contributed by atoms with Gasteiger partial charge in [-0.2, -0.15) is 0 Å². The molecule has 1 heterocycles. The number of hydrogen-bond acceptors (Lipinski definition) is 2. The molecule has 0 spiro atoms. The topological polar surface area (TPSA) is 29.1 Å². The van der Waals surface area contributed by atoms with Crippen molar-refractivity contribution in [2.75, 3.05) is 0 Å². The van der Waals surface area contributed by atoms with Gasteiger partial charge in [0.2, 0.25) is 6.29 Å². The highest BCUT2D eigenvalue weighted by atomic mass is 16.1. The maximum absolute atomic E-state index is 10.4. The zero-order valence-electron chi connectivity index (χ0n) is 6.68. The van der Waals surface area contributed by atoms with Crippen LogP contribution in [-0.2, 0) is 4.79 Å². The first-order valence-corrected chi connectivity index (χ1v) is 4.54. The first kappa shape index (κ1) is 7.29. The van der Waals surface area contributed by atoms with E-state index in [1.165, 1.54) is 25.7 Å². The molecule has 11 heavy (non-hydrogen) atoms. The number of carbonyl (C=O) groups excluding carboxylic acids is 1. The van der Waals surface area contributed by atoms with Crippen LogP contribution in [0.1, 0.15) is 32.1 Å². The predicted octanol–water partition coefficient (Wildman–Crippen LogP) is 1.02. The van der Waals surface area contributed by atoms with Gasteiger partial charge in [-0.05, 0) is 25.2 Å². The second-order valence-corrected chi connectivity index (χ2v) is 3.72. The van der Waals surface area contributed by atoms with Crippen molar-refractivity contribution in [3.8, 4) is 0 Å². The first-order valence-electron chi connectivity index (χ1n) is 4.54. The van der Waals surface area contributed by atoms with Crippen molar-refractivity contribution in [2.45, 2.75) is 44.2 Å². The molecule has 0 aromatic rings. The van der Waals surface area contributed by atoms with Crippen molar-refractivity contribution in [1.82, 2.24) is 5.32 Å². The van der Waals surface area contributed by atoms with Crippen LogP contribution in [0.4, 0.5) is 0 Å². The van der Waals surface area contributed by atoms with E-state index >= 15 is 0 Å². The van der Waals surface area contributed by atoms with Crippen molar-refractivity contribution in [3.63, 3.8) is 0 Å². The van der Waals surface area contributed by atoms with Gasteiger partial charge in [0, 0.05) is 6.04 Å². The third kappa shape index (κ3) is 1.32. The summed E-state index contributed by atoms with van der Waals surface area (Å²) in [6, 6.07) is 0.679. The minimum absolute atomic E-state index is 0.0445. The Morgan fingerprint density at radius 2 is 2.09 bits per heavy atom. The molecule has 2 heteroatoms. The third-order valence-electron chi connectivity index (χ3n) is 3.01. The molecule has 2 aliphatic rings. The summed E-state index contributed by atoms with van der Waals surface area (Å²) in [7, 11) is 0. The Labute approximate surface area is 67.4 Å². The van der Waals surface area contributed by atoms with Crippen molar-refractivity contribution >= 4 is 6.29 Å². The van der Waals surface area contributed by atoms with E-state index in [0.717, 1.165) is 12.3 Å². The fraction of sp³-hybridized carbons (Fsp3) is 0.889. The molecule has 1 aliphatic carbocycles. The van der Waals surface area contributed by atoms with Crippen LogP contribution in [0, 0.1) is 5.92 Å². The quantitative estimate of drug-likeness (QED) is 0.607. The average molecular weight is 152 g/mol. The zero-order valence-corrected chi connectivity index (χ0v) is 6.68. The number of rotatable bonds is 1. The van der Waals surface area contributed by atoms with Gasteiger partial charge in [-0.3, -0.25) is 4.79 Å². The molecule has 1 aliphatic heterocycles. The maximum atomic E-state index is 10.4. The van der Waals surface area contributed by atoms with E-state index < -0.39 is 0 Å². The summed E-state index contributed by atoms with van der Waals surface area (Å²) in [6.07, 6.45) is 8.37. The highest BCUT2D eigenvalue weighted by Gasteiger charge is 2.34. The normalized spacial score (nSPS) is 43.5. The molecule has 0 bridgehead atoms. The van der Waals surface area contributed by atoms with Crippen LogP contribution in [-0.4, -0.2) is 18.4 Å². The molecule has 2 rings (SSSR count). The summed E-state index contributed by atoms with van der Waals surface area (Å²) < 4.78 is 0. The molecule has 2 nitrogen and oxygen atoms in total. The summed E-state index contributed by atoms with van der Waals surface area (Å²) >= 11 is 0. The highest BCUT2D eigenvalue weighted by Crippen LogP contribution is 2.32. The standard InChI is InChI=1S/C9H14NO/c11-6-8-5-7-3-1-2-4-9(7)10-8/h7-10H,1-5H2. The van der Waals surface area contributed by atoms with Crippen LogP contribution in [0.25, 0.3) is 0 Å². The summed E-state index contributed by atoms with van der Waals surface area (Å²) in [5.74, 6) is 0.773. The van der Waals surface area contributed by atoms with E-state index in [1.807, 2.05) is 0 Å². The third-order valence-corrected chi connectivity index (χ3v) is 3.01. The number of nitrogens with one attached hydrogen (secondary N) is 1. The van der Waals surface area contributed by atoms with Crippen molar-refractivity contribution < 1.29 is 4.79 Å². The Bertz CT molecular complexity index is 144. The fourth-order valence-corrected chi connectivity index (χ4v) is 2.42. The number of hydrogen-bond donors (Lipinski definition) is 1. The van der Waals surface area contributed by atoms with Gasteiger partial charge in [0.05, 0.1) is 6.04 Å². The molecule has 3 atom stereocenters. The lowest BCUT2D eigenvalue weighted by Crippen LogP contribution is -2.33. The zero-order chi connectivity index (χ0) is 7.68. The Morgan fingerprint density at radius 3 is 2.82 bits per heavy atom. The molecule has 0 aromatic heterocycles.